The number of imide groups is 1. The fraction of sp³-hybridized carbons (Fsp3) is 0.261. The van der Waals surface area contributed by atoms with Gasteiger partial charge in [-0.25, -0.2) is 0 Å². The van der Waals surface area contributed by atoms with Crippen molar-refractivity contribution in [3.05, 3.63) is 64.6 Å². The van der Waals surface area contributed by atoms with Crippen molar-refractivity contribution in [1.29, 1.82) is 0 Å². The Hall–Kier alpha value is -3.06. The van der Waals surface area contributed by atoms with E-state index in [0.717, 1.165) is 31.0 Å². The molecule has 1 aliphatic heterocycles. The summed E-state index contributed by atoms with van der Waals surface area (Å²) in [5, 5.41) is 1.82. The van der Waals surface area contributed by atoms with Gasteiger partial charge in [0.05, 0.1) is 11.5 Å². The molecule has 30 heavy (non-hydrogen) atoms. The molecule has 0 bridgehead atoms. The number of unbranched alkanes of at least 4 members (excludes halogenated alkanes) is 1. The zero-order valence-electron chi connectivity index (χ0n) is 16.7. The Morgan fingerprint density at radius 3 is 2.57 bits per heavy atom. The monoisotopic (exact) mass is 425 g/mol. The third kappa shape index (κ3) is 6.22. The van der Waals surface area contributed by atoms with E-state index in [1.807, 2.05) is 25.1 Å². The summed E-state index contributed by atoms with van der Waals surface area (Å²) >= 11 is 0.847. The number of nitrogens with one attached hydrogen (secondary N) is 1. The van der Waals surface area contributed by atoms with Crippen molar-refractivity contribution in [2.75, 3.05) is 6.61 Å². The number of hydrogen-bond acceptors (Lipinski definition) is 6. The van der Waals surface area contributed by atoms with Gasteiger partial charge in [0.15, 0.2) is 11.5 Å². The Kier molecular flexibility index (Phi) is 7.68. The zero-order chi connectivity index (χ0) is 21.3. The molecule has 3 rings (SSSR count). The second-order valence-electron chi connectivity index (χ2n) is 6.66. The summed E-state index contributed by atoms with van der Waals surface area (Å²) in [5.74, 6) is 0.0197. The van der Waals surface area contributed by atoms with Gasteiger partial charge in [-0.05, 0) is 67.3 Å². The Labute approximate surface area is 179 Å². The van der Waals surface area contributed by atoms with Gasteiger partial charge >= 0.3 is 5.97 Å². The fourth-order valence-corrected chi connectivity index (χ4v) is 3.64. The number of benzene rings is 2. The van der Waals surface area contributed by atoms with E-state index < -0.39 is 11.1 Å². The highest BCUT2D eigenvalue weighted by molar-refractivity contribution is 8.18. The van der Waals surface area contributed by atoms with Gasteiger partial charge in [-0.2, -0.15) is 0 Å². The van der Waals surface area contributed by atoms with Crippen molar-refractivity contribution in [2.45, 2.75) is 32.6 Å². The van der Waals surface area contributed by atoms with Gasteiger partial charge in [-0.1, -0.05) is 36.4 Å². The van der Waals surface area contributed by atoms with Crippen LogP contribution in [0, 0.1) is 0 Å². The number of ether oxygens (including phenoxy) is 2. The van der Waals surface area contributed by atoms with Crippen LogP contribution >= 0.6 is 11.8 Å². The molecule has 6 nitrogen and oxygen atoms in total. The van der Waals surface area contributed by atoms with Crippen LogP contribution in [0.2, 0.25) is 0 Å². The van der Waals surface area contributed by atoms with Gasteiger partial charge in [0.1, 0.15) is 0 Å². The van der Waals surface area contributed by atoms with Crippen LogP contribution in [0.15, 0.2) is 53.4 Å². The third-order valence-electron chi connectivity index (χ3n) is 4.37. The zero-order valence-corrected chi connectivity index (χ0v) is 17.5. The first-order valence-electron chi connectivity index (χ1n) is 9.81. The lowest BCUT2D eigenvalue weighted by Gasteiger charge is -2.11. The third-order valence-corrected chi connectivity index (χ3v) is 5.18. The second-order valence-corrected chi connectivity index (χ2v) is 7.67. The Morgan fingerprint density at radius 1 is 1.07 bits per heavy atom. The molecule has 1 heterocycles. The lowest BCUT2D eigenvalue weighted by molar-refractivity contribution is -0.134. The number of carbonyl (C=O) groups excluding carboxylic acids is 3. The molecule has 0 saturated carbocycles. The SMILES string of the molecule is CCOc1cc(C=C2SC(=O)NC2=O)ccc1OC(=O)CCCCc1ccccc1. The van der Waals surface area contributed by atoms with E-state index in [4.69, 9.17) is 9.47 Å². The average Bonchev–Trinajstić information content (AvgIpc) is 3.05. The Bertz CT molecular complexity index is 955. The van der Waals surface area contributed by atoms with Gasteiger partial charge in [0, 0.05) is 6.42 Å². The number of esters is 1. The van der Waals surface area contributed by atoms with Crippen molar-refractivity contribution in [1.82, 2.24) is 5.32 Å². The van der Waals surface area contributed by atoms with Crippen LogP contribution in [-0.2, 0) is 16.0 Å². The molecule has 1 fully saturated rings. The van der Waals surface area contributed by atoms with Gasteiger partial charge in [-0.15, -0.1) is 0 Å². The highest BCUT2D eigenvalue weighted by atomic mass is 32.2. The predicted octanol–water partition coefficient (Wildman–Crippen LogP) is 4.73. The van der Waals surface area contributed by atoms with Gasteiger partial charge in [0.25, 0.3) is 11.1 Å². The molecule has 1 saturated heterocycles. The van der Waals surface area contributed by atoms with E-state index in [2.05, 4.69) is 17.4 Å². The molecule has 0 unspecified atom stereocenters. The smallest absolute Gasteiger partial charge is 0.311 e. The van der Waals surface area contributed by atoms with Gasteiger partial charge < -0.3 is 9.47 Å². The van der Waals surface area contributed by atoms with Crippen molar-refractivity contribution >= 4 is 35.0 Å². The summed E-state index contributed by atoms with van der Waals surface area (Å²) < 4.78 is 11.1. The molecule has 0 radical (unpaired) electrons. The Morgan fingerprint density at radius 2 is 1.87 bits per heavy atom. The van der Waals surface area contributed by atoms with Crippen molar-refractivity contribution in [2.24, 2.45) is 0 Å². The normalized spacial score (nSPS) is 14.6. The lowest BCUT2D eigenvalue weighted by Crippen LogP contribution is -2.17. The minimum absolute atomic E-state index is 0.311. The minimum atomic E-state index is -0.422. The first kappa shape index (κ1) is 21.6. The van der Waals surface area contributed by atoms with E-state index in [9.17, 15) is 14.4 Å². The standard InChI is InChI=1S/C23H23NO5S/c1-2-28-19-14-17(15-20-22(26)24-23(27)30-20)12-13-18(19)29-21(25)11-7-6-10-16-8-4-3-5-9-16/h3-5,8-9,12-15H,2,6-7,10-11H2,1H3,(H,24,26,27). The van der Waals surface area contributed by atoms with E-state index in [-0.39, 0.29) is 5.97 Å². The van der Waals surface area contributed by atoms with Crippen LogP contribution in [-0.4, -0.2) is 23.7 Å². The summed E-state index contributed by atoms with van der Waals surface area (Å²) in [5.41, 5.74) is 1.93. The molecular weight excluding hydrogens is 402 g/mol. The molecule has 2 aromatic carbocycles. The summed E-state index contributed by atoms with van der Waals surface area (Å²) in [6, 6.07) is 15.2. The van der Waals surface area contributed by atoms with E-state index in [0.29, 0.717) is 35.0 Å². The fourth-order valence-electron chi connectivity index (χ4n) is 2.96. The van der Waals surface area contributed by atoms with Crippen LogP contribution in [0.1, 0.15) is 37.3 Å². The summed E-state index contributed by atoms with van der Waals surface area (Å²) in [6.07, 6.45) is 4.49. The molecule has 0 atom stereocenters. The van der Waals surface area contributed by atoms with Crippen molar-refractivity contribution in [3.8, 4) is 11.5 Å². The number of hydrogen-bond donors (Lipinski definition) is 1. The number of rotatable bonds is 9. The molecule has 2 aromatic rings. The molecule has 2 amide bonds. The lowest BCUT2D eigenvalue weighted by atomic mass is 10.1. The maximum absolute atomic E-state index is 12.2. The van der Waals surface area contributed by atoms with Crippen LogP contribution in [0.25, 0.3) is 6.08 Å². The number of thioether (sulfide) groups is 1. The minimum Gasteiger partial charge on any atom is -0.490 e. The molecule has 1 N–H and O–H groups in total. The van der Waals surface area contributed by atoms with E-state index in [1.165, 1.54) is 5.56 Å². The number of amides is 2. The largest absolute Gasteiger partial charge is 0.490 e. The van der Waals surface area contributed by atoms with Crippen LogP contribution in [0.4, 0.5) is 4.79 Å². The molecule has 0 aliphatic carbocycles. The summed E-state index contributed by atoms with van der Waals surface area (Å²) in [4.78, 5) is 35.6. The number of carbonyl (C=O) groups is 3. The molecule has 7 heteroatoms. The highest BCUT2D eigenvalue weighted by Crippen LogP contribution is 2.32. The van der Waals surface area contributed by atoms with Crippen LogP contribution in [0.5, 0.6) is 11.5 Å². The summed E-state index contributed by atoms with van der Waals surface area (Å²) in [6.45, 7) is 2.23. The molecule has 156 valence electrons. The first-order chi connectivity index (χ1) is 14.5. The Balaban J connectivity index is 1.58. The molecule has 1 aliphatic rings. The topological polar surface area (TPSA) is 81.7 Å². The van der Waals surface area contributed by atoms with Crippen LogP contribution in [0.3, 0.4) is 0 Å². The highest BCUT2D eigenvalue weighted by Gasteiger charge is 2.25. The average molecular weight is 426 g/mol. The maximum atomic E-state index is 12.2. The molecular formula is C23H23NO5S. The quantitative estimate of drug-likeness (QED) is 0.271. The summed E-state index contributed by atoms with van der Waals surface area (Å²) in [7, 11) is 0. The van der Waals surface area contributed by atoms with Gasteiger partial charge in [-0.3, -0.25) is 19.7 Å². The van der Waals surface area contributed by atoms with E-state index in [1.54, 1.807) is 24.3 Å². The molecule has 0 spiro atoms. The predicted molar refractivity (Wildman–Crippen MR) is 116 cm³/mol. The van der Waals surface area contributed by atoms with Gasteiger partial charge in [0.2, 0.25) is 0 Å². The second kappa shape index (κ2) is 10.6. The maximum Gasteiger partial charge on any atom is 0.311 e. The first-order valence-corrected chi connectivity index (χ1v) is 10.6. The van der Waals surface area contributed by atoms with Crippen molar-refractivity contribution in [3.63, 3.8) is 0 Å². The molecule has 0 aromatic heterocycles. The van der Waals surface area contributed by atoms with Crippen molar-refractivity contribution < 1.29 is 23.9 Å². The van der Waals surface area contributed by atoms with Crippen LogP contribution < -0.4 is 14.8 Å². The van der Waals surface area contributed by atoms with E-state index >= 15 is 0 Å². The number of aryl methyl sites for hydroxylation is 1.